The van der Waals surface area contributed by atoms with E-state index in [1.54, 1.807) is 43.3 Å². The molecular weight excluding hydrogens is 576 g/mol. The zero-order valence-electron chi connectivity index (χ0n) is 21.0. The number of ether oxygens (including phenoxy) is 1. The van der Waals surface area contributed by atoms with Crippen LogP contribution in [0.5, 0.6) is 11.5 Å². The first-order valence-electron chi connectivity index (χ1n) is 11.1. The minimum atomic E-state index is -4.49. The maximum Gasteiger partial charge on any atom is 1.00 e. The van der Waals surface area contributed by atoms with Gasteiger partial charge in [-0.15, -0.1) is 5.11 Å². The number of amides is 1. The Balaban J connectivity index is 0.00000420. The van der Waals surface area contributed by atoms with Gasteiger partial charge in [-0.3, -0.25) is 9.35 Å². The molecule has 0 aliphatic carbocycles. The topological polar surface area (TPSA) is 140 Å². The van der Waals surface area contributed by atoms with Crippen molar-refractivity contribution in [3.63, 3.8) is 0 Å². The van der Waals surface area contributed by atoms with Crippen LogP contribution in [-0.2, 0) is 16.5 Å². The molecule has 9 nitrogen and oxygen atoms in total. The molecule has 0 radical (unpaired) electrons. The summed E-state index contributed by atoms with van der Waals surface area (Å²) in [4.78, 5) is 12.8. The van der Waals surface area contributed by atoms with E-state index in [0.29, 0.717) is 33.5 Å². The van der Waals surface area contributed by atoms with E-state index in [1.165, 1.54) is 25.3 Å². The van der Waals surface area contributed by atoms with Crippen molar-refractivity contribution in [1.82, 2.24) is 0 Å². The Bertz CT molecular complexity index is 1710. The van der Waals surface area contributed by atoms with Gasteiger partial charge in [0.1, 0.15) is 11.4 Å². The Hall–Kier alpha value is -2.70. The van der Waals surface area contributed by atoms with Crippen LogP contribution in [0.25, 0.3) is 10.8 Å². The third-order valence-corrected chi connectivity index (χ3v) is 7.03. The van der Waals surface area contributed by atoms with Crippen molar-refractivity contribution in [3.05, 3.63) is 81.8 Å². The van der Waals surface area contributed by atoms with E-state index in [2.05, 4.69) is 15.5 Å². The Morgan fingerprint density at radius 1 is 1.05 bits per heavy atom. The fourth-order valence-electron chi connectivity index (χ4n) is 3.80. The number of carbonyl (C=O) groups excluding carboxylic acids is 1. The monoisotopic (exact) mass is 595 g/mol. The summed E-state index contributed by atoms with van der Waals surface area (Å²) in [6.07, 6.45) is 0.312. The summed E-state index contributed by atoms with van der Waals surface area (Å²) >= 11 is 12.3. The van der Waals surface area contributed by atoms with Gasteiger partial charge in [0.05, 0.1) is 28.4 Å². The first kappa shape index (κ1) is 30.8. The van der Waals surface area contributed by atoms with E-state index < -0.39 is 21.8 Å². The summed E-state index contributed by atoms with van der Waals surface area (Å²) in [7, 11) is -3.06. The molecule has 4 rings (SSSR count). The molecule has 0 bridgehead atoms. The second kappa shape index (κ2) is 12.6. The smallest absolute Gasteiger partial charge is 0.870 e. The van der Waals surface area contributed by atoms with Crippen molar-refractivity contribution >= 4 is 67.1 Å². The minimum absolute atomic E-state index is 0. The van der Waals surface area contributed by atoms with Crippen LogP contribution in [0, 0.1) is 0 Å². The van der Waals surface area contributed by atoms with E-state index in [1.807, 2.05) is 0 Å². The summed E-state index contributed by atoms with van der Waals surface area (Å²) in [5.74, 6) is -1.04. The Labute approximate surface area is 256 Å². The number of halogens is 2. The van der Waals surface area contributed by atoms with Crippen molar-refractivity contribution in [2.75, 3.05) is 12.4 Å². The second-order valence-corrected chi connectivity index (χ2v) is 10.3. The summed E-state index contributed by atoms with van der Waals surface area (Å²) < 4.78 is 37.8. The van der Waals surface area contributed by atoms with Crippen molar-refractivity contribution in [2.45, 2.75) is 18.2 Å². The number of hydrogen-bond acceptors (Lipinski definition) is 7. The first-order valence-corrected chi connectivity index (χ1v) is 13.3. The number of carbonyl (C=O) groups is 1. The van der Waals surface area contributed by atoms with Gasteiger partial charge in [-0.05, 0) is 53.8 Å². The molecule has 196 valence electrons. The van der Waals surface area contributed by atoms with Gasteiger partial charge in [-0.25, -0.2) is 0 Å². The van der Waals surface area contributed by atoms with Crippen LogP contribution < -0.4 is 44.7 Å². The van der Waals surface area contributed by atoms with Gasteiger partial charge >= 0.3 is 29.6 Å². The quantitative estimate of drug-likeness (QED) is 0.189. The van der Waals surface area contributed by atoms with Gasteiger partial charge in [0.2, 0.25) is 0 Å². The number of methoxy groups -OCH3 is 1. The number of azo groups is 1. The van der Waals surface area contributed by atoms with E-state index in [-0.39, 0.29) is 62.1 Å². The number of hydrogen-bond donors (Lipinski definition) is 2. The summed E-state index contributed by atoms with van der Waals surface area (Å²) in [5, 5.41) is 25.7. The minimum Gasteiger partial charge on any atom is -0.870 e. The average Bonchev–Trinajstić information content (AvgIpc) is 2.87. The van der Waals surface area contributed by atoms with Gasteiger partial charge in [-0.2, -0.15) is 13.5 Å². The molecule has 39 heavy (non-hydrogen) atoms. The largest absolute Gasteiger partial charge is 1.00 e. The maximum atomic E-state index is 13.5. The molecule has 0 unspecified atom stereocenters. The van der Waals surface area contributed by atoms with Crippen LogP contribution in [0.2, 0.25) is 10.0 Å². The number of nitrogens with one attached hydrogen (secondary N) is 1. The number of nitrogens with zero attached hydrogens (tertiary/aromatic N) is 2. The first-order chi connectivity index (χ1) is 18.0. The van der Waals surface area contributed by atoms with Crippen LogP contribution in [0.15, 0.2) is 75.8 Å². The molecule has 0 aliphatic heterocycles. The standard InChI is InChI=1S/C26H21Cl2N3O6S.Na/c1-3-14-10-17(38(34,35)36)13-20(28)23(14)30-31-24-18-7-5-4-6-15(18)11-19(25(24)32)26(33)29-21-12-16(27)8-9-22(21)37-2;/h4-13,32H,3H2,1-2H3,(H,29,33)(H,34,35,36);/q;+1/p-1. The van der Waals surface area contributed by atoms with Crippen molar-refractivity contribution in [2.24, 2.45) is 10.2 Å². The van der Waals surface area contributed by atoms with Crippen molar-refractivity contribution < 1.29 is 57.2 Å². The molecule has 0 spiro atoms. The van der Waals surface area contributed by atoms with Crippen LogP contribution in [-0.4, -0.2) is 26.0 Å². The van der Waals surface area contributed by atoms with Crippen molar-refractivity contribution in [1.29, 1.82) is 0 Å². The van der Waals surface area contributed by atoms with Crippen LogP contribution in [0.4, 0.5) is 17.1 Å². The van der Waals surface area contributed by atoms with Gasteiger partial charge in [0, 0.05) is 16.0 Å². The van der Waals surface area contributed by atoms with Gasteiger partial charge in [-0.1, -0.05) is 60.1 Å². The molecule has 0 aliphatic rings. The Morgan fingerprint density at radius 2 is 1.74 bits per heavy atom. The average molecular weight is 596 g/mol. The van der Waals surface area contributed by atoms with E-state index >= 15 is 0 Å². The number of anilines is 1. The normalized spacial score (nSPS) is 11.4. The van der Waals surface area contributed by atoms with Gasteiger partial charge in [0.25, 0.3) is 16.0 Å². The summed E-state index contributed by atoms with van der Waals surface area (Å²) in [6, 6.07) is 15.2. The van der Waals surface area contributed by atoms with Gasteiger partial charge in [0.15, 0.2) is 0 Å². The predicted molar refractivity (Wildman–Crippen MR) is 144 cm³/mol. The molecule has 0 saturated heterocycles. The number of rotatable bonds is 7. The van der Waals surface area contributed by atoms with Crippen LogP contribution in [0.1, 0.15) is 22.8 Å². The number of aryl methyl sites for hydroxylation is 1. The second-order valence-electron chi connectivity index (χ2n) is 8.06. The van der Waals surface area contributed by atoms with E-state index in [9.17, 15) is 22.9 Å². The molecule has 4 aromatic rings. The SMILES string of the molecule is CCc1cc(S(=O)(=O)O)cc(Cl)c1N=Nc1c([O-])c(C(=O)Nc2cc(Cl)ccc2OC)cc2ccccc12.[Na+]. The molecule has 13 heteroatoms. The number of benzene rings is 4. The molecule has 0 aromatic heterocycles. The van der Waals surface area contributed by atoms with E-state index in [4.69, 9.17) is 27.9 Å². The fourth-order valence-corrected chi connectivity index (χ4v) is 4.88. The molecule has 0 fully saturated rings. The fraction of sp³-hybridized carbons (Fsp3) is 0.115. The number of fused-ring (bicyclic) bond motifs is 1. The van der Waals surface area contributed by atoms with E-state index in [0.717, 1.165) is 6.07 Å². The molecule has 0 heterocycles. The molecule has 0 atom stereocenters. The Morgan fingerprint density at radius 3 is 2.41 bits per heavy atom. The predicted octanol–water partition coefficient (Wildman–Crippen LogP) is 3.71. The maximum absolute atomic E-state index is 13.5. The van der Waals surface area contributed by atoms with Crippen LogP contribution >= 0.6 is 23.2 Å². The van der Waals surface area contributed by atoms with Crippen LogP contribution in [0.3, 0.4) is 0 Å². The van der Waals surface area contributed by atoms with Gasteiger partial charge < -0.3 is 15.2 Å². The third kappa shape index (κ3) is 6.72. The molecular formula is C26H20Cl2N3NaO6S. The molecule has 4 aromatic carbocycles. The Kier molecular flexibility index (Phi) is 10.0. The zero-order chi connectivity index (χ0) is 27.6. The molecule has 1 amide bonds. The summed E-state index contributed by atoms with van der Waals surface area (Å²) in [6.45, 7) is 1.74. The zero-order valence-corrected chi connectivity index (χ0v) is 25.4. The van der Waals surface area contributed by atoms with Crippen molar-refractivity contribution in [3.8, 4) is 11.5 Å². The molecule has 2 N–H and O–H groups in total. The third-order valence-electron chi connectivity index (χ3n) is 5.67. The molecule has 0 saturated carbocycles. The summed E-state index contributed by atoms with van der Waals surface area (Å²) in [5.41, 5.74) is 0.488.